The Morgan fingerprint density at radius 1 is 1.12 bits per heavy atom. The standard InChI is InChI=1S/C13H19Cl2N/c1-3-9(4-2)10(8-16)13-11(14)6-5-7-12(13)15/h5-7,9-10H,3-4,8,16H2,1-2H3. The van der Waals surface area contributed by atoms with Crippen molar-refractivity contribution in [1.82, 2.24) is 0 Å². The summed E-state index contributed by atoms with van der Waals surface area (Å²) < 4.78 is 0. The van der Waals surface area contributed by atoms with Gasteiger partial charge in [0.05, 0.1) is 0 Å². The van der Waals surface area contributed by atoms with E-state index < -0.39 is 0 Å². The van der Waals surface area contributed by atoms with Gasteiger partial charge in [0.2, 0.25) is 0 Å². The molecule has 0 aliphatic rings. The highest BCUT2D eigenvalue weighted by Gasteiger charge is 2.23. The van der Waals surface area contributed by atoms with Gasteiger partial charge in [-0.2, -0.15) is 0 Å². The summed E-state index contributed by atoms with van der Waals surface area (Å²) in [5.41, 5.74) is 6.89. The Bertz CT molecular complexity index is 314. The van der Waals surface area contributed by atoms with Crippen molar-refractivity contribution in [3.05, 3.63) is 33.8 Å². The third kappa shape index (κ3) is 2.91. The number of hydrogen-bond donors (Lipinski definition) is 1. The van der Waals surface area contributed by atoms with E-state index in [-0.39, 0.29) is 5.92 Å². The largest absolute Gasteiger partial charge is 0.330 e. The van der Waals surface area contributed by atoms with Gasteiger partial charge in [0.15, 0.2) is 0 Å². The molecule has 0 fully saturated rings. The molecular weight excluding hydrogens is 241 g/mol. The van der Waals surface area contributed by atoms with Crippen LogP contribution in [0.3, 0.4) is 0 Å². The highest BCUT2D eigenvalue weighted by Crippen LogP contribution is 2.37. The molecule has 0 saturated carbocycles. The Kier molecular flexibility index (Phi) is 5.60. The molecule has 0 radical (unpaired) electrons. The molecular formula is C13H19Cl2N. The van der Waals surface area contributed by atoms with E-state index in [4.69, 9.17) is 28.9 Å². The molecule has 3 heteroatoms. The maximum absolute atomic E-state index is 6.22. The van der Waals surface area contributed by atoms with Crippen LogP contribution in [-0.4, -0.2) is 6.54 Å². The average molecular weight is 260 g/mol. The second kappa shape index (κ2) is 6.48. The number of halogens is 2. The Morgan fingerprint density at radius 3 is 2.00 bits per heavy atom. The minimum Gasteiger partial charge on any atom is -0.330 e. The van der Waals surface area contributed by atoms with Crippen LogP contribution in [0.5, 0.6) is 0 Å². The van der Waals surface area contributed by atoms with Crippen molar-refractivity contribution in [1.29, 1.82) is 0 Å². The molecule has 1 aromatic carbocycles. The number of hydrogen-bond acceptors (Lipinski definition) is 1. The Labute approximate surface area is 108 Å². The molecule has 2 N–H and O–H groups in total. The monoisotopic (exact) mass is 259 g/mol. The molecule has 1 unspecified atom stereocenters. The summed E-state index contributed by atoms with van der Waals surface area (Å²) in [6.07, 6.45) is 2.19. The summed E-state index contributed by atoms with van der Waals surface area (Å²) in [5.74, 6) is 0.804. The van der Waals surface area contributed by atoms with Crippen LogP contribution < -0.4 is 5.73 Å². The lowest BCUT2D eigenvalue weighted by Crippen LogP contribution is -2.21. The van der Waals surface area contributed by atoms with Crippen LogP contribution in [0.25, 0.3) is 0 Å². The fraction of sp³-hybridized carbons (Fsp3) is 0.538. The zero-order chi connectivity index (χ0) is 12.1. The number of nitrogens with two attached hydrogens (primary N) is 1. The van der Waals surface area contributed by atoms with Crippen LogP contribution in [0.2, 0.25) is 10.0 Å². The van der Waals surface area contributed by atoms with Crippen LogP contribution in [0.1, 0.15) is 38.2 Å². The fourth-order valence-electron chi connectivity index (χ4n) is 2.27. The maximum atomic E-state index is 6.22. The van der Waals surface area contributed by atoms with Gasteiger partial charge in [-0.25, -0.2) is 0 Å². The predicted octanol–water partition coefficient (Wildman–Crippen LogP) is 4.47. The molecule has 0 amide bonds. The Balaban J connectivity index is 3.12. The Hall–Kier alpha value is -0.240. The third-order valence-electron chi connectivity index (χ3n) is 3.24. The average Bonchev–Trinajstić information content (AvgIpc) is 2.28. The van der Waals surface area contributed by atoms with Crippen molar-refractivity contribution in [2.45, 2.75) is 32.6 Å². The van der Waals surface area contributed by atoms with Crippen molar-refractivity contribution < 1.29 is 0 Å². The van der Waals surface area contributed by atoms with Crippen molar-refractivity contribution in [2.24, 2.45) is 11.7 Å². The van der Waals surface area contributed by atoms with Gasteiger partial charge in [0.25, 0.3) is 0 Å². The molecule has 0 bridgehead atoms. The molecule has 0 spiro atoms. The van der Waals surface area contributed by atoms with E-state index in [1.165, 1.54) is 0 Å². The van der Waals surface area contributed by atoms with Crippen molar-refractivity contribution in [3.8, 4) is 0 Å². The predicted molar refractivity (Wildman–Crippen MR) is 72.3 cm³/mol. The van der Waals surface area contributed by atoms with E-state index in [9.17, 15) is 0 Å². The molecule has 0 saturated heterocycles. The summed E-state index contributed by atoms with van der Waals surface area (Å²) in [4.78, 5) is 0. The quantitative estimate of drug-likeness (QED) is 0.830. The second-order valence-electron chi connectivity index (χ2n) is 4.05. The summed E-state index contributed by atoms with van der Waals surface area (Å²) in [6.45, 7) is 4.96. The van der Waals surface area contributed by atoms with Crippen molar-refractivity contribution in [2.75, 3.05) is 6.54 Å². The first-order valence-corrected chi connectivity index (χ1v) is 6.55. The normalized spacial score (nSPS) is 13.1. The lowest BCUT2D eigenvalue weighted by atomic mass is 9.82. The topological polar surface area (TPSA) is 26.0 Å². The molecule has 0 aliphatic carbocycles. The Morgan fingerprint density at radius 2 is 1.62 bits per heavy atom. The molecule has 0 aliphatic heterocycles. The molecule has 0 heterocycles. The van der Waals surface area contributed by atoms with Gasteiger partial charge in [0, 0.05) is 16.0 Å². The second-order valence-corrected chi connectivity index (χ2v) is 4.87. The molecule has 1 aromatic rings. The first kappa shape index (κ1) is 13.8. The SMILES string of the molecule is CCC(CC)C(CN)c1c(Cl)cccc1Cl. The fourth-order valence-corrected chi connectivity index (χ4v) is 2.95. The van der Waals surface area contributed by atoms with Crippen LogP contribution in [0.15, 0.2) is 18.2 Å². The molecule has 0 aromatic heterocycles. The number of benzene rings is 1. The first-order valence-electron chi connectivity index (χ1n) is 5.79. The molecule has 90 valence electrons. The lowest BCUT2D eigenvalue weighted by Gasteiger charge is -2.26. The van der Waals surface area contributed by atoms with E-state index in [0.717, 1.165) is 28.5 Å². The zero-order valence-electron chi connectivity index (χ0n) is 9.84. The van der Waals surface area contributed by atoms with Crippen molar-refractivity contribution >= 4 is 23.2 Å². The zero-order valence-corrected chi connectivity index (χ0v) is 11.4. The third-order valence-corrected chi connectivity index (χ3v) is 3.90. The summed E-state index contributed by atoms with van der Waals surface area (Å²) in [6, 6.07) is 5.64. The number of rotatable bonds is 5. The van der Waals surface area contributed by atoms with Gasteiger partial charge in [-0.1, -0.05) is 56.0 Å². The van der Waals surface area contributed by atoms with Crippen LogP contribution in [-0.2, 0) is 0 Å². The van der Waals surface area contributed by atoms with E-state index >= 15 is 0 Å². The maximum Gasteiger partial charge on any atom is 0.0456 e. The summed E-state index contributed by atoms with van der Waals surface area (Å²) in [7, 11) is 0. The van der Waals surface area contributed by atoms with E-state index in [2.05, 4.69) is 13.8 Å². The van der Waals surface area contributed by atoms with E-state index in [1.807, 2.05) is 18.2 Å². The first-order chi connectivity index (χ1) is 7.65. The molecule has 1 nitrogen and oxygen atoms in total. The smallest absolute Gasteiger partial charge is 0.0456 e. The van der Waals surface area contributed by atoms with Crippen LogP contribution in [0.4, 0.5) is 0 Å². The minimum absolute atomic E-state index is 0.260. The van der Waals surface area contributed by atoms with Gasteiger partial charge >= 0.3 is 0 Å². The highest BCUT2D eigenvalue weighted by molar-refractivity contribution is 6.36. The molecule has 16 heavy (non-hydrogen) atoms. The van der Waals surface area contributed by atoms with Gasteiger partial charge < -0.3 is 5.73 Å². The lowest BCUT2D eigenvalue weighted by molar-refractivity contribution is 0.402. The van der Waals surface area contributed by atoms with Gasteiger partial charge in [-0.05, 0) is 30.2 Å². The van der Waals surface area contributed by atoms with Gasteiger partial charge in [0.1, 0.15) is 0 Å². The van der Waals surface area contributed by atoms with Crippen LogP contribution >= 0.6 is 23.2 Å². The van der Waals surface area contributed by atoms with Gasteiger partial charge in [-0.15, -0.1) is 0 Å². The van der Waals surface area contributed by atoms with Gasteiger partial charge in [-0.3, -0.25) is 0 Å². The van der Waals surface area contributed by atoms with Crippen LogP contribution in [0, 0.1) is 5.92 Å². The van der Waals surface area contributed by atoms with Crippen molar-refractivity contribution in [3.63, 3.8) is 0 Å². The molecule has 1 rings (SSSR count). The van der Waals surface area contributed by atoms with E-state index in [1.54, 1.807) is 0 Å². The van der Waals surface area contributed by atoms with E-state index in [0.29, 0.717) is 12.5 Å². The highest BCUT2D eigenvalue weighted by atomic mass is 35.5. The summed E-state index contributed by atoms with van der Waals surface area (Å²) >= 11 is 12.4. The molecule has 1 atom stereocenters. The minimum atomic E-state index is 0.260. The summed E-state index contributed by atoms with van der Waals surface area (Å²) in [5, 5.41) is 1.46.